The topological polar surface area (TPSA) is 102 Å². The van der Waals surface area contributed by atoms with Crippen LogP contribution in [0.1, 0.15) is 41.5 Å². The van der Waals surface area contributed by atoms with Gasteiger partial charge in [0, 0.05) is 19.0 Å². The molecule has 0 saturated heterocycles. The molecule has 1 aromatic heterocycles. The van der Waals surface area contributed by atoms with Crippen LogP contribution in [0, 0.1) is 23.0 Å². The van der Waals surface area contributed by atoms with E-state index in [1.54, 1.807) is 6.07 Å². The maximum absolute atomic E-state index is 15.2. The lowest BCUT2D eigenvalue weighted by Gasteiger charge is -2.20. The molecule has 0 saturated carbocycles. The van der Waals surface area contributed by atoms with Gasteiger partial charge in [0.05, 0.1) is 11.3 Å². The number of aromatic nitrogens is 3. The molecule has 0 spiro atoms. The van der Waals surface area contributed by atoms with E-state index < -0.39 is 58.1 Å². The van der Waals surface area contributed by atoms with Gasteiger partial charge < -0.3 is 10.1 Å². The Balaban J connectivity index is 1.81. The second-order valence-electron chi connectivity index (χ2n) is 8.05. The third-order valence-electron chi connectivity index (χ3n) is 5.63. The number of nitrogens with zero attached hydrogens (tertiary/aromatic N) is 4. The van der Waals surface area contributed by atoms with Gasteiger partial charge in [0.25, 0.3) is 5.91 Å². The van der Waals surface area contributed by atoms with E-state index in [0.717, 1.165) is 18.6 Å². The van der Waals surface area contributed by atoms with Crippen LogP contribution in [-0.4, -0.2) is 32.5 Å². The van der Waals surface area contributed by atoms with Crippen molar-refractivity contribution < 1.29 is 31.5 Å². The van der Waals surface area contributed by atoms with Gasteiger partial charge in [-0.05, 0) is 38.0 Å². The lowest BCUT2D eigenvalue weighted by Crippen LogP contribution is -2.32. The number of rotatable bonds is 5. The number of ether oxygens (including phenoxy) is 1. The van der Waals surface area contributed by atoms with Crippen molar-refractivity contribution in [2.45, 2.75) is 45.0 Å². The Morgan fingerprint density at radius 2 is 1.97 bits per heavy atom. The van der Waals surface area contributed by atoms with Crippen LogP contribution in [0.25, 0.3) is 5.69 Å². The van der Waals surface area contributed by atoms with Crippen LogP contribution in [0.5, 0.6) is 5.75 Å². The highest BCUT2D eigenvalue weighted by Crippen LogP contribution is 2.31. The monoisotopic (exact) mass is 507 g/mol. The molecule has 0 aliphatic carbocycles. The van der Waals surface area contributed by atoms with Gasteiger partial charge in [-0.3, -0.25) is 9.36 Å². The fourth-order valence-corrected chi connectivity index (χ4v) is 3.73. The zero-order valence-corrected chi connectivity index (χ0v) is 18.7. The fraction of sp³-hybridized carbons (Fsp3) is 0.304. The van der Waals surface area contributed by atoms with Crippen LogP contribution >= 0.6 is 0 Å². The van der Waals surface area contributed by atoms with Crippen LogP contribution < -0.4 is 15.7 Å². The summed E-state index contributed by atoms with van der Waals surface area (Å²) in [5.74, 6) is -3.54. The number of aryl methyl sites for hydroxylation is 1. The van der Waals surface area contributed by atoms with Gasteiger partial charge in [-0.25, -0.2) is 13.6 Å². The molecule has 0 bridgehead atoms. The van der Waals surface area contributed by atoms with Crippen molar-refractivity contribution in [1.82, 2.24) is 14.3 Å². The second kappa shape index (κ2) is 9.44. The minimum absolute atomic E-state index is 0.278. The van der Waals surface area contributed by atoms with Crippen LogP contribution in [-0.2, 0) is 13.0 Å². The van der Waals surface area contributed by atoms with Crippen LogP contribution in [0.4, 0.5) is 27.6 Å². The van der Waals surface area contributed by atoms with E-state index in [-0.39, 0.29) is 5.69 Å². The largest absolute Gasteiger partial charge is 0.480 e. The maximum Gasteiger partial charge on any atom is 0.425 e. The quantitative estimate of drug-likeness (QED) is 0.524. The summed E-state index contributed by atoms with van der Waals surface area (Å²) in [6, 6.07) is 6.31. The van der Waals surface area contributed by atoms with Crippen molar-refractivity contribution in [3.05, 3.63) is 69.4 Å². The van der Waals surface area contributed by atoms with Crippen molar-refractivity contribution >= 4 is 11.6 Å². The molecular formula is C23H18F5N5O3. The normalized spacial score (nSPS) is 14.0. The Hall–Kier alpha value is -4.21. The highest BCUT2D eigenvalue weighted by molar-refractivity contribution is 6.07. The molecule has 0 fully saturated rings. The third-order valence-corrected chi connectivity index (χ3v) is 5.63. The first-order chi connectivity index (χ1) is 17.0. The average molecular weight is 507 g/mol. The summed E-state index contributed by atoms with van der Waals surface area (Å²) < 4.78 is 75.8. The molecule has 13 heteroatoms. The fourth-order valence-electron chi connectivity index (χ4n) is 3.73. The van der Waals surface area contributed by atoms with E-state index in [2.05, 4.69) is 10.4 Å². The van der Waals surface area contributed by atoms with Gasteiger partial charge in [0.1, 0.15) is 40.5 Å². The van der Waals surface area contributed by atoms with E-state index in [9.17, 15) is 27.2 Å². The van der Waals surface area contributed by atoms with E-state index in [0.29, 0.717) is 42.9 Å². The SMILES string of the molecule is C[C@H](Oc1cc(-n2nc3n(c2=O)CCCC3)c(F)cc1C(=O)Nc1cccc(F)c1C#N)C(F)(F)F. The molecule has 2 aromatic carbocycles. The van der Waals surface area contributed by atoms with Crippen molar-refractivity contribution in [3.8, 4) is 17.5 Å². The number of halogens is 5. The Kier molecular flexibility index (Phi) is 6.53. The Labute approximate surface area is 200 Å². The number of carbonyl (C=O) groups excluding carboxylic acids is 1. The highest BCUT2D eigenvalue weighted by atomic mass is 19.4. The van der Waals surface area contributed by atoms with Gasteiger partial charge in [0.2, 0.25) is 0 Å². The van der Waals surface area contributed by atoms with Crippen molar-refractivity contribution in [2.24, 2.45) is 0 Å². The molecule has 3 aromatic rings. The molecule has 8 nitrogen and oxygen atoms in total. The standard InChI is InChI=1S/C23H18F5N5O3/c1-12(23(26,27)28)36-19-10-18(33-22(35)32-8-3-2-7-20(32)31-33)16(25)9-13(19)21(34)30-17-6-4-5-15(24)14(17)11-29/h4-6,9-10,12H,2-3,7-8H2,1H3,(H,30,34)/t12-/m0/s1. The summed E-state index contributed by atoms with van der Waals surface area (Å²) in [6.45, 7) is 1.05. The van der Waals surface area contributed by atoms with Crippen molar-refractivity contribution in [1.29, 1.82) is 5.26 Å². The molecule has 1 amide bonds. The van der Waals surface area contributed by atoms with Gasteiger partial charge in [-0.1, -0.05) is 6.07 Å². The Morgan fingerprint density at radius 3 is 2.64 bits per heavy atom. The molecule has 2 heterocycles. The van der Waals surface area contributed by atoms with Gasteiger partial charge in [-0.2, -0.15) is 23.1 Å². The molecule has 0 unspecified atom stereocenters. The van der Waals surface area contributed by atoms with Gasteiger partial charge in [0.15, 0.2) is 6.10 Å². The predicted octanol–water partition coefficient (Wildman–Crippen LogP) is 4.10. The van der Waals surface area contributed by atoms with Crippen LogP contribution in [0.15, 0.2) is 35.1 Å². The van der Waals surface area contributed by atoms with E-state index >= 15 is 4.39 Å². The molecular weight excluding hydrogens is 489 g/mol. The minimum Gasteiger partial charge on any atom is -0.480 e. The smallest absolute Gasteiger partial charge is 0.425 e. The number of nitriles is 1. The number of anilines is 1. The lowest BCUT2D eigenvalue weighted by atomic mass is 10.1. The highest BCUT2D eigenvalue weighted by Gasteiger charge is 2.39. The average Bonchev–Trinajstić information content (AvgIpc) is 3.15. The lowest BCUT2D eigenvalue weighted by molar-refractivity contribution is -0.189. The zero-order valence-electron chi connectivity index (χ0n) is 18.7. The summed E-state index contributed by atoms with van der Waals surface area (Å²) in [5, 5.41) is 15.4. The van der Waals surface area contributed by atoms with E-state index in [4.69, 9.17) is 10.00 Å². The molecule has 1 N–H and O–H groups in total. The van der Waals surface area contributed by atoms with Crippen LogP contribution in [0.2, 0.25) is 0 Å². The number of amides is 1. The second-order valence-corrected chi connectivity index (χ2v) is 8.05. The number of fused-ring (bicyclic) bond motifs is 1. The third kappa shape index (κ3) is 4.66. The number of nitrogens with one attached hydrogen (secondary N) is 1. The molecule has 1 aliphatic rings. The Morgan fingerprint density at radius 1 is 1.22 bits per heavy atom. The molecule has 188 valence electrons. The number of hydrogen-bond donors (Lipinski definition) is 1. The first kappa shape index (κ1) is 24.9. The van der Waals surface area contributed by atoms with E-state index in [1.165, 1.54) is 16.7 Å². The number of benzene rings is 2. The van der Waals surface area contributed by atoms with E-state index in [1.807, 2.05) is 0 Å². The first-order valence-corrected chi connectivity index (χ1v) is 10.8. The van der Waals surface area contributed by atoms with Crippen molar-refractivity contribution in [2.75, 3.05) is 5.32 Å². The first-order valence-electron chi connectivity index (χ1n) is 10.8. The minimum atomic E-state index is -4.83. The summed E-state index contributed by atoms with van der Waals surface area (Å²) >= 11 is 0. The number of alkyl halides is 3. The zero-order chi connectivity index (χ0) is 26.2. The number of carbonyl (C=O) groups is 1. The van der Waals surface area contributed by atoms with Crippen molar-refractivity contribution in [3.63, 3.8) is 0 Å². The predicted molar refractivity (Wildman–Crippen MR) is 116 cm³/mol. The summed E-state index contributed by atoms with van der Waals surface area (Å²) in [6.07, 6.45) is -5.29. The summed E-state index contributed by atoms with van der Waals surface area (Å²) in [4.78, 5) is 25.7. The number of hydrogen-bond acceptors (Lipinski definition) is 5. The molecule has 4 rings (SSSR count). The molecule has 36 heavy (non-hydrogen) atoms. The summed E-state index contributed by atoms with van der Waals surface area (Å²) in [7, 11) is 0. The van der Waals surface area contributed by atoms with Crippen LogP contribution in [0.3, 0.4) is 0 Å². The van der Waals surface area contributed by atoms with Gasteiger partial charge >= 0.3 is 11.9 Å². The summed E-state index contributed by atoms with van der Waals surface area (Å²) in [5.41, 5.74) is -2.66. The molecule has 1 aliphatic heterocycles. The Bertz CT molecular complexity index is 1440. The maximum atomic E-state index is 15.2. The molecule has 1 atom stereocenters. The molecule has 0 radical (unpaired) electrons. The van der Waals surface area contributed by atoms with Gasteiger partial charge in [-0.15, -0.1) is 5.10 Å².